The molecule has 0 aromatic rings. The molecule has 1 unspecified atom stereocenters. The molecule has 1 fully saturated rings. The third kappa shape index (κ3) is 3.37. The number of nitrogens with one attached hydrogen (secondary N) is 1. The normalized spacial score (nSPS) is 42.6. The molecule has 1 N–H and O–H groups in total. The smallest absolute Gasteiger partial charge is 0.306 e. The largest absolute Gasteiger partial charge is 0.343 e. The molecule has 0 aromatic carbocycles. The standard InChI is InChI=1S/C7H15Cl2N2O2P/c8-2-5-11(6-3-9)14(12)10-4-1-7-13-14/h1-7H2,(H,10,12)/i2D2,6D2,7D2/hD. The molecule has 4 nitrogen and oxygen atoms in total. The number of alkyl halides is 2. The number of halogens is 2. The van der Waals surface area contributed by atoms with Gasteiger partial charge >= 0.3 is 7.67 Å². The Hall–Kier alpha value is 0.690. The van der Waals surface area contributed by atoms with E-state index in [9.17, 15) is 4.57 Å². The second-order valence-corrected chi connectivity index (χ2v) is 4.79. The molecule has 1 saturated heterocycles. The van der Waals surface area contributed by atoms with Crippen molar-refractivity contribution in [2.24, 2.45) is 0 Å². The van der Waals surface area contributed by atoms with Gasteiger partial charge in [-0.1, -0.05) is 0 Å². The lowest BCUT2D eigenvalue weighted by atomic mass is 10.5. The molecule has 0 spiro atoms. The highest BCUT2D eigenvalue weighted by molar-refractivity contribution is 7.54. The lowest BCUT2D eigenvalue weighted by Crippen LogP contribution is -2.35. The SMILES string of the molecule is [2H]N1CCC([2H])([2H])OP1(=O)N(CC([2H])([2H])Cl)C([2H])([2H])CCl. The van der Waals surface area contributed by atoms with Crippen molar-refractivity contribution in [2.75, 3.05) is 37.9 Å². The van der Waals surface area contributed by atoms with Crippen LogP contribution in [0.1, 0.15) is 14.6 Å². The first-order valence-electron chi connectivity index (χ1n) is 7.29. The van der Waals surface area contributed by atoms with Crippen LogP contribution in [0.25, 0.3) is 0 Å². The summed E-state index contributed by atoms with van der Waals surface area (Å²) >= 11 is 10.9. The number of hydrogen-bond acceptors (Lipinski definition) is 2. The number of hydrogen-bond donors (Lipinski definition) is 1. The molecule has 1 heterocycles. The van der Waals surface area contributed by atoms with Crippen molar-refractivity contribution in [3.05, 3.63) is 0 Å². The molecule has 7 heteroatoms. The molecule has 0 aromatic heterocycles. The Balaban J connectivity index is 3.25. The van der Waals surface area contributed by atoms with Crippen LogP contribution in [0.5, 0.6) is 0 Å². The summed E-state index contributed by atoms with van der Waals surface area (Å²) in [6, 6.07) is 0. The maximum atomic E-state index is 12.8. The molecule has 84 valence electrons. The molecule has 1 rings (SSSR count). The lowest BCUT2D eigenvalue weighted by molar-refractivity contribution is 0.233. The van der Waals surface area contributed by atoms with Crippen LogP contribution in [0.15, 0.2) is 0 Å². The van der Waals surface area contributed by atoms with Crippen molar-refractivity contribution in [2.45, 2.75) is 6.42 Å². The van der Waals surface area contributed by atoms with E-state index in [1.165, 1.54) is 0 Å². The van der Waals surface area contributed by atoms with Crippen molar-refractivity contribution in [1.82, 2.24) is 9.75 Å². The van der Waals surface area contributed by atoms with Crippen LogP contribution in [-0.2, 0) is 9.09 Å². The average Bonchev–Trinajstić information content (AvgIpc) is 2.30. The molecule has 0 saturated carbocycles. The fourth-order valence-electron chi connectivity index (χ4n) is 0.866. The third-order valence-corrected chi connectivity index (χ3v) is 3.49. The second-order valence-electron chi connectivity index (χ2n) is 2.32. The van der Waals surface area contributed by atoms with Crippen LogP contribution in [0.3, 0.4) is 0 Å². The van der Waals surface area contributed by atoms with E-state index in [-0.39, 0.29) is 13.0 Å². The van der Waals surface area contributed by atoms with Crippen LogP contribution < -0.4 is 5.08 Å². The van der Waals surface area contributed by atoms with Crippen molar-refractivity contribution in [1.29, 1.82) is 0 Å². The molecule has 14 heavy (non-hydrogen) atoms. The molecule has 0 radical (unpaired) electrons. The van der Waals surface area contributed by atoms with E-state index in [0.29, 0.717) is 9.75 Å². The fourth-order valence-corrected chi connectivity index (χ4v) is 2.72. The van der Waals surface area contributed by atoms with Gasteiger partial charge < -0.3 is 4.52 Å². The van der Waals surface area contributed by atoms with E-state index in [1.54, 1.807) is 0 Å². The first kappa shape index (κ1) is 5.85. The highest BCUT2D eigenvalue weighted by Gasteiger charge is 2.32. The minimum atomic E-state index is -4.50. The molecular weight excluding hydrogens is 246 g/mol. The lowest BCUT2D eigenvalue weighted by Gasteiger charge is -2.33. The predicted octanol–water partition coefficient (Wildman–Crippen LogP) is 1.88. The van der Waals surface area contributed by atoms with Gasteiger partial charge in [-0.2, -0.15) is 0 Å². The summed E-state index contributed by atoms with van der Waals surface area (Å²) in [5.41, 5.74) is 0. The van der Waals surface area contributed by atoms with Crippen molar-refractivity contribution >= 4 is 30.9 Å². The average molecular weight is 268 g/mol. The maximum absolute atomic E-state index is 12.8. The number of nitrogens with zero attached hydrogens (tertiary/aromatic N) is 1. The summed E-state index contributed by atoms with van der Waals surface area (Å²) in [6.07, 6.45) is -0.230. The first-order valence-corrected chi connectivity index (χ1v) is 6.29. The van der Waals surface area contributed by atoms with E-state index in [0.717, 1.165) is 0 Å². The monoisotopic (exact) mass is 267 g/mol. The Morgan fingerprint density at radius 3 is 3.21 bits per heavy atom. The summed E-state index contributed by atoms with van der Waals surface area (Å²) in [7, 11) is -4.50. The van der Waals surface area contributed by atoms with Gasteiger partial charge in [-0.3, -0.25) is 4.57 Å². The minimum absolute atomic E-state index is 0.230. The number of rotatable bonds is 5. The predicted molar refractivity (Wildman–Crippen MR) is 59.2 cm³/mol. The van der Waals surface area contributed by atoms with E-state index in [2.05, 4.69) is 0 Å². The van der Waals surface area contributed by atoms with Gasteiger partial charge in [0.2, 0.25) is 0 Å². The summed E-state index contributed by atoms with van der Waals surface area (Å²) in [4.78, 5) is 0. The molecule has 1 atom stereocenters. The van der Waals surface area contributed by atoms with Crippen molar-refractivity contribution in [3.8, 4) is 0 Å². The Morgan fingerprint density at radius 1 is 1.79 bits per heavy atom. The van der Waals surface area contributed by atoms with Crippen molar-refractivity contribution < 1.29 is 18.7 Å². The molecule has 1 aliphatic rings. The Morgan fingerprint density at radius 2 is 2.57 bits per heavy atom. The van der Waals surface area contributed by atoms with Crippen LogP contribution in [-0.4, -0.2) is 42.5 Å². The maximum Gasteiger partial charge on any atom is 0.343 e. The van der Waals surface area contributed by atoms with Gasteiger partial charge in [-0.05, 0) is 6.42 Å². The Bertz CT molecular complexity index is 436. The van der Waals surface area contributed by atoms with E-state index in [1.807, 2.05) is 0 Å². The zero-order chi connectivity index (χ0) is 16.7. The van der Waals surface area contributed by atoms with E-state index in [4.69, 9.17) is 37.4 Å². The summed E-state index contributed by atoms with van der Waals surface area (Å²) in [5, 5.41) is 0.418. The second kappa shape index (κ2) is 6.31. The zero-order valence-corrected chi connectivity index (χ0v) is 9.65. The summed E-state index contributed by atoms with van der Waals surface area (Å²) < 4.78 is 70.8. The van der Waals surface area contributed by atoms with Crippen LogP contribution in [0.2, 0.25) is 1.41 Å². The first-order chi connectivity index (χ1) is 9.23. The van der Waals surface area contributed by atoms with Gasteiger partial charge in [0, 0.05) is 36.8 Å². The third-order valence-electron chi connectivity index (χ3n) is 1.43. The summed E-state index contributed by atoms with van der Waals surface area (Å²) in [6.45, 7) is -6.00. The molecule has 0 amide bonds. The van der Waals surface area contributed by atoms with Gasteiger partial charge in [-0.15, -0.1) is 23.2 Å². The van der Waals surface area contributed by atoms with Gasteiger partial charge in [0.15, 0.2) is 0 Å². The quantitative estimate of drug-likeness (QED) is 0.610. The Labute approximate surface area is 104 Å². The molecule has 0 bridgehead atoms. The van der Waals surface area contributed by atoms with Gasteiger partial charge in [0.25, 0.3) is 0 Å². The Kier molecular flexibility index (Phi) is 2.64. The van der Waals surface area contributed by atoms with Crippen LogP contribution in [0, 0.1) is 0 Å². The minimum Gasteiger partial charge on any atom is -0.306 e. The van der Waals surface area contributed by atoms with E-state index < -0.39 is 39.0 Å². The highest BCUT2D eigenvalue weighted by Crippen LogP contribution is 2.47. The van der Waals surface area contributed by atoms with Gasteiger partial charge in [0.1, 0.15) is 1.41 Å². The fraction of sp³-hybridized carbons (Fsp3) is 1.00. The zero-order valence-electron chi connectivity index (χ0n) is 14.2. The summed E-state index contributed by atoms with van der Waals surface area (Å²) in [5.74, 6) is -3.16. The molecule has 0 aliphatic carbocycles. The van der Waals surface area contributed by atoms with Gasteiger partial charge in [-0.25, -0.2) is 9.75 Å². The van der Waals surface area contributed by atoms with E-state index >= 15 is 0 Å². The molecular formula is C7H15Cl2N2O2P. The van der Waals surface area contributed by atoms with Crippen LogP contribution >= 0.6 is 30.9 Å². The molecule has 1 aliphatic heterocycles. The van der Waals surface area contributed by atoms with Crippen molar-refractivity contribution in [3.63, 3.8) is 0 Å². The van der Waals surface area contributed by atoms with Gasteiger partial charge in [0.05, 0.1) is 9.30 Å². The highest BCUT2D eigenvalue weighted by atomic mass is 35.5. The topological polar surface area (TPSA) is 41.6 Å². The van der Waals surface area contributed by atoms with Crippen LogP contribution in [0.4, 0.5) is 0 Å².